The second-order valence-electron chi connectivity index (χ2n) is 1.22. The van der Waals surface area contributed by atoms with Crippen molar-refractivity contribution < 1.29 is 47.5 Å². The van der Waals surface area contributed by atoms with E-state index in [4.69, 9.17) is 20.4 Å². The maximum Gasteiger partial charge on any atom is 2.00 e. The molecule has 0 aromatic rings. The molecule has 0 spiro atoms. The Bertz CT molecular complexity index is 124. The van der Waals surface area contributed by atoms with Crippen molar-refractivity contribution in [2.45, 2.75) is 13.0 Å². The molecule has 0 aromatic heterocycles. The van der Waals surface area contributed by atoms with Crippen LogP contribution in [0.1, 0.15) is 6.92 Å². The van der Waals surface area contributed by atoms with Crippen LogP contribution in [0.5, 0.6) is 0 Å². The smallest absolute Gasteiger partial charge is 0.547 e. The second-order valence-corrected chi connectivity index (χ2v) is 1.22. The minimum Gasteiger partial charge on any atom is -0.547 e. The first kappa shape index (κ1) is 57.3. The number of hydrogen-bond acceptors (Lipinski definition) is 6. The molecule has 0 saturated carbocycles. The van der Waals surface area contributed by atoms with Gasteiger partial charge in [-0.15, -0.1) is 0 Å². The Morgan fingerprint density at radius 2 is 1.19 bits per heavy atom. The van der Waals surface area contributed by atoms with Gasteiger partial charge in [0.15, 0.2) is 0 Å². The van der Waals surface area contributed by atoms with E-state index in [2.05, 4.69) is 0 Å². The molecule has 0 rings (SSSR count). The normalized spacial score (nSPS) is 6.62. The summed E-state index contributed by atoms with van der Waals surface area (Å²) in [5.74, 6) is -1.44. The maximum absolute atomic E-state index is 9.34. The monoisotopic (exact) mass is 281 g/mol. The number of carbonyl (C=O) groups excluding carboxylic acids is 1. The molecule has 0 heterocycles. The van der Waals surface area contributed by atoms with Crippen molar-refractivity contribution >= 4 is 43.7 Å². The van der Waals surface area contributed by atoms with Crippen molar-refractivity contribution in [1.82, 2.24) is 0 Å². The SMILES string of the molecule is CC(O)C(=O)[O-].O.O.O.O.O.O=[N+]([O-])[O-].[Ca+2]. The molecule has 0 aromatic carbocycles. The van der Waals surface area contributed by atoms with Gasteiger partial charge in [-0.05, 0) is 6.92 Å². The zero-order valence-corrected chi connectivity index (χ0v) is 10.4. The number of carboxylic acid groups (broad SMARTS) is 1. The Hall–Kier alpha value is -0.310. The van der Waals surface area contributed by atoms with Gasteiger partial charge in [0.05, 0.1) is 17.2 Å². The van der Waals surface area contributed by atoms with Crippen LogP contribution in [-0.2, 0) is 4.79 Å². The number of aliphatic carboxylic acids is 1. The van der Waals surface area contributed by atoms with Crippen molar-refractivity contribution in [2.75, 3.05) is 0 Å². The third-order valence-electron chi connectivity index (χ3n) is 0.341. The summed E-state index contributed by atoms with van der Waals surface area (Å²) in [5, 5.41) is 32.1. The van der Waals surface area contributed by atoms with E-state index in [1.807, 2.05) is 0 Å². The van der Waals surface area contributed by atoms with Crippen LogP contribution in [0.3, 0.4) is 0 Å². The van der Waals surface area contributed by atoms with Crippen LogP contribution < -0.4 is 5.11 Å². The largest absolute Gasteiger partial charge is 2.00 e. The molecule has 11 N–H and O–H groups in total. The fourth-order valence-corrected chi connectivity index (χ4v) is 0. The summed E-state index contributed by atoms with van der Waals surface area (Å²) in [7, 11) is 0. The topological polar surface area (TPSA) is 284 Å². The first-order valence-corrected chi connectivity index (χ1v) is 2.08. The van der Waals surface area contributed by atoms with E-state index in [-0.39, 0.29) is 65.1 Å². The summed E-state index contributed by atoms with van der Waals surface area (Å²) < 4.78 is 0. The van der Waals surface area contributed by atoms with Crippen LogP contribution in [-0.4, -0.2) is 87.4 Å². The van der Waals surface area contributed by atoms with Gasteiger partial charge < -0.3 is 57.7 Å². The molecular formula is C3H15CaNO11. The van der Waals surface area contributed by atoms with Crippen molar-refractivity contribution in [3.05, 3.63) is 15.3 Å². The van der Waals surface area contributed by atoms with Crippen molar-refractivity contribution in [2.24, 2.45) is 0 Å². The first-order valence-electron chi connectivity index (χ1n) is 2.08. The van der Waals surface area contributed by atoms with Crippen molar-refractivity contribution in [3.63, 3.8) is 0 Å². The molecule has 0 saturated heterocycles. The standard InChI is InChI=1S/C3H6O3.Ca.NO3.5H2O/c1-2(4)3(5)6;;2-1(3)4;;;;;/h2,4H,1H3,(H,5,6);;;5*1H2/q;+2;-1;;;;;/p-1. The summed E-state index contributed by atoms with van der Waals surface area (Å²) in [6.07, 6.45) is -1.34. The minimum atomic E-state index is -1.75. The Morgan fingerprint density at radius 3 is 1.19 bits per heavy atom. The zero-order valence-electron chi connectivity index (χ0n) is 8.22. The fraction of sp³-hybridized carbons (Fsp3) is 0.667. The van der Waals surface area contributed by atoms with E-state index in [0.717, 1.165) is 6.92 Å². The van der Waals surface area contributed by atoms with Crippen LogP contribution in [0, 0.1) is 15.3 Å². The molecule has 100 valence electrons. The number of carbonyl (C=O) groups is 1. The molecule has 0 fully saturated rings. The third kappa shape index (κ3) is 162. The van der Waals surface area contributed by atoms with Crippen LogP contribution in [0.2, 0.25) is 0 Å². The van der Waals surface area contributed by atoms with E-state index in [0.29, 0.717) is 0 Å². The number of hydrogen-bond donors (Lipinski definition) is 1. The summed E-state index contributed by atoms with van der Waals surface area (Å²) in [6.45, 7) is 1.13. The molecule has 1 atom stereocenters. The van der Waals surface area contributed by atoms with Gasteiger partial charge in [-0.25, -0.2) is 0 Å². The molecule has 0 aliphatic heterocycles. The van der Waals surface area contributed by atoms with Crippen LogP contribution in [0.4, 0.5) is 0 Å². The minimum absolute atomic E-state index is 0. The Labute approximate surface area is 119 Å². The summed E-state index contributed by atoms with van der Waals surface area (Å²) >= 11 is 0. The number of aliphatic hydroxyl groups excluding tert-OH is 1. The van der Waals surface area contributed by atoms with Crippen LogP contribution in [0.15, 0.2) is 0 Å². The number of aliphatic hydroxyl groups is 1. The zero-order chi connectivity index (χ0) is 8.73. The van der Waals surface area contributed by atoms with Crippen molar-refractivity contribution in [1.29, 1.82) is 0 Å². The second kappa shape index (κ2) is 36.5. The molecular weight excluding hydrogens is 266 g/mol. The van der Waals surface area contributed by atoms with Gasteiger partial charge in [-0.2, -0.15) is 0 Å². The summed E-state index contributed by atoms with van der Waals surface area (Å²) in [5.41, 5.74) is 0. The Kier molecular flexibility index (Phi) is 130. The predicted molar refractivity (Wildman–Crippen MR) is 50.9 cm³/mol. The van der Waals surface area contributed by atoms with Gasteiger partial charge in [0.2, 0.25) is 0 Å². The number of nitrogens with zero attached hydrogens (tertiary/aromatic N) is 1. The Balaban J connectivity index is -0.00000001000. The van der Waals surface area contributed by atoms with Gasteiger partial charge in [0.25, 0.3) is 0 Å². The number of carboxylic acids is 1. The van der Waals surface area contributed by atoms with Gasteiger partial charge in [-0.3, -0.25) is 0 Å². The predicted octanol–water partition coefficient (Wildman–Crippen LogP) is -6.63. The van der Waals surface area contributed by atoms with Gasteiger partial charge in [0, 0.05) is 0 Å². The molecule has 0 radical (unpaired) electrons. The molecule has 0 bridgehead atoms. The molecule has 0 amide bonds. The fourth-order valence-electron chi connectivity index (χ4n) is 0. The van der Waals surface area contributed by atoms with E-state index in [9.17, 15) is 9.90 Å². The maximum atomic E-state index is 9.34. The van der Waals surface area contributed by atoms with Gasteiger partial charge in [-0.1, -0.05) is 0 Å². The summed E-state index contributed by atoms with van der Waals surface area (Å²) in [6, 6.07) is 0. The van der Waals surface area contributed by atoms with E-state index < -0.39 is 17.2 Å². The molecule has 12 nitrogen and oxygen atoms in total. The molecule has 13 heteroatoms. The van der Waals surface area contributed by atoms with E-state index in [1.165, 1.54) is 0 Å². The molecule has 1 unspecified atom stereocenters. The van der Waals surface area contributed by atoms with Crippen molar-refractivity contribution in [3.8, 4) is 0 Å². The van der Waals surface area contributed by atoms with E-state index >= 15 is 0 Å². The average molecular weight is 281 g/mol. The van der Waals surface area contributed by atoms with Gasteiger partial charge >= 0.3 is 37.7 Å². The average Bonchev–Trinajstić information content (AvgIpc) is 1.63. The van der Waals surface area contributed by atoms with Crippen LogP contribution in [0.25, 0.3) is 0 Å². The summed E-state index contributed by atoms with van der Waals surface area (Å²) in [4.78, 5) is 17.6. The quantitative estimate of drug-likeness (QED) is 0.276. The molecule has 0 aliphatic carbocycles. The number of rotatable bonds is 1. The Morgan fingerprint density at radius 1 is 1.12 bits per heavy atom. The van der Waals surface area contributed by atoms with Gasteiger partial charge in [0.1, 0.15) is 0 Å². The third-order valence-corrected chi connectivity index (χ3v) is 0.341. The molecule has 0 aliphatic rings. The van der Waals surface area contributed by atoms with Crippen LogP contribution >= 0.6 is 0 Å². The molecule has 16 heavy (non-hydrogen) atoms. The first-order chi connectivity index (χ1) is 4.37. The van der Waals surface area contributed by atoms with E-state index in [1.54, 1.807) is 0 Å².